The Balaban J connectivity index is 1.45. The number of piperidine rings is 1. The van der Waals surface area contributed by atoms with Crippen molar-refractivity contribution in [3.8, 4) is 0 Å². The van der Waals surface area contributed by atoms with Gasteiger partial charge in [-0.2, -0.15) is 0 Å². The molecule has 2 aliphatic rings. The zero-order valence-electron chi connectivity index (χ0n) is 16.7. The third kappa shape index (κ3) is 5.81. The summed E-state index contributed by atoms with van der Waals surface area (Å²) in [6.07, 6.45) is 11.7. The van der Waals surface area contributed by atoms with Crippen LogP contribution in [0.1, 0.15) is 68.6 Å². The second-order valence-electron chi connectivity index (χ2n) is 7.56. The summed E-state index contributed by atoms with van der Waals surface area (Å²) in [5, 5.41) is 6.41. The molecule has 2 fully saturated rings. The first-order chi connectivity index (χ1) is 13.7. The van der Waals surface area contributed by atoms with Crippen LogP contribution in [0.2, 0.25) is 0 Å². The summed E-state index contributed by atoms with van der Waals surface area (Å²) in [7, 11) is 0. The molecule has 0 aromatic carbocycles. The number of hydrogen-bond acceptors (Lipinski definition) is 6. The van der Waals surface area contributed by atoms with Gasteiger partial charge in [-0.15, -0.1) is 0 Å². The van der Waals surface area contributed by atoms with E-state index < -0.39 is 0 Å². The van der Waals surface area contributed by atoms with E-state index in [1.807, 2.05) is 0 Å². The molecule has 3 rings (SSSR count). The maximum Gasteiger partial charge on any atom is 0.409 e. The van der Waals surface area contributed by atoms with Crippen molar-refractivity contribution in [1.29, 1.82) is 0 Å². The van der Waals surface area contributed by atoms with Crippen LogP contribution in [-0.4, -0.2) is 58.6 Å². The molecule has 28 heavy (non-hydrogen) atoms. The monoisotopic (exact) mass is 389 g/mol. The molecule has 2 amide bonds. The molecule has 1 aromatic rings. The van der Waals surface area contributed by atoms with Gasteiger partial charge in [-0.3, -0.25) is 4.79 Å². The molecule has 0 radical (unpaired) electrons. The summed E-state index contributed by atoms with van der Waals surface area (Å²) in [5.74, 6) is 0.418. The standard InChI is InChI=1S/C20H31N5O3/c1-2-28-20(27)25-11-9-17(10-12-25)23-18(26)15-13-21-19(22-14-15)24-16-7-5-3-4-6-8-16/h13-14,16-17H,2-12H2,1H3,(H,23,26)(H,21,22,24). The highest BCUT2D eigenvalue weighted by Gasteiger charge is 2.25. The van der Waals surface area contributed by atoms with Gasteiger partial charge in [0.2, 0.25) is 5.95 Å². The van der Waals surface area contributed by atoms with Gasteiger partial charge >= 0.3 is 6.09 Å². The zero-order valence-corrected chi connectivity index (χ0v) is 16.7. The molecule has 1 saturated carbocycles. The van der Waals surface area contributed by atoms with E-state index in [1.54, 1.807) is 24.2 Å². The zero-order chi connectivity index (χ0) is 19.8. The van der Waals surface area contributed by atoms with Crippen molar-refractivity contribution >= 4 is 17.9 Å². The first-order valence-corrected chi connectivity index (χ1v) is 10.5. The number of rotatable bonds is 5. The highest BCUT2D eigenvalue weighted by Crippen LogP contribution is 2.19. The third-order valence-corrected chi connectivity index (χ3v) is 5.46. The smallest absolute Gasteiger partial charge is 0.409 e. The molecule has 1 saturated heterocycles. The summed E-state index contributed by atoms with van der Waals surface area (Å²) in [5.41, 5.74) is 0.458. The second kappa shape index (κ2) is 10.2. The Kier molecular flexibility index (Phi) is 7.45. The number of likely N-dealkylation sites (tertiary alicyclic amines) is 1. The molecule has 0 spiro atoms. The minimum absolute atomic E-state index is 0.0435. The fraction of sp³-hybridized carbons (Fsp3) is 0.700. The van der Waals surface area contributed by atoms with E-state index in [-0.39, 0.29) is 18.0 Å². The van der Waals surface area contributed by atoms with Crippen LogP contribution in [0, 0.1) is 0 Å². The van der Waals surface area contributed by atoms with Gasteiger partial charge in [0, 0.05) is 37.6 Å². The predicted octanol–water partition coefficient (Wildman–Crippen LogP) is 2.96. The largest absolute Gasteiger partial charge is 0.450 e. The lowest BCUT2D eigenvalue weighted by atomic mass is 10.1. The summed E-state index contributed by atoms with van der Waals surface area (Å²) >= 11 is 0. The average Bonchev–Trinajstić information content (AvgIpc) is 2.98. The van der Waals surface area contributed by atoms with E-state index in [4.69, 9.17) is 4.74 Å². The summed E-state index contributed by atoms with van der Waals surface area (Å²) in [6, 6.07) is 0.466. The van der Waals surface area contributed by atoms with Gasteiger partial charge in [-0.05, 0) is 32.6 Å². The van der Waals surface area contributed by atoms with Crippen LogP contribution in [0.25, 0.3) is 0 Å². The number of aromatic nitrogens is 2. The van der Waals surface area contributed by atoms with Crippen molar-refractivity contribution in [3.05, 3.63) is 18.0 Å². The van der Waals surface area contributed by atoms with Crippen LogP contribution in [0.3, 0.4) is 0 Å². The Hall–Kier alpha value is -2.38. The number of ether oxygens (including phenoxy) is 1. The normalized spacial score (nSPS) is 19.0. The van der Waals surface area contributed by atoms with Gasteiger partial charge < -0.3 is 20.3 Å². The van der Waals surface area contributed by atoms with E-state index in [0.717, 1.165) is 12.8 Å². The average molecular weight is 390 g/mol. The van der Waals surface area contributed by atoms with Crippen LogP contribution in [0.15, 0.2) is 12.4 Å². The number of anilines is 1. The van der Waals surface area contributed by atoms with Crippen molar-refractivity contribution < 1.29 is 14.3 Å². The number of amides is 2. The lowest BCUT2D eigenvalue weighted by Gasteiger charge is -2.31. The minimum Gasteiger partial charge on any atom is -0.450 e. The minimum atomic E-state index is -0.280. The Morgan fingerprint density at radius 3 is 2.29 bits per heavy atom. The molecule has 2 N–H and O–H groups in total. The molecule has 1 aliphatic heterocycles. The number of carbonyl (C=O) groups excluding carboxylic acids is 2. The van der Waals surface area contributed by atoms with Gasteiger partial charge in [-0.1, -0.05) is 25.7 Å². The van der Waals surface area contributed by atoms with Gasteiger partial charge in [-0.25, -0.2) is 14.8 Å². The molecule has 1 aromatic heterocycles. The molecular formula is C20H31N5O3. The van der Waals surface area contributed by atoms with E-state index in [9.17, 15) is 9.59 Å². The topological polar surface area (TPSA) is 96.5 Å². The molecule has 2 heterocycles. The van der Waals surface area contributed by atoms with Crippen LogP contribution in [0.4, 0.5) is 10.7 Å². The molecule has 0 atom stereocenters. The molecular weight excluding hydrogens is 358 g/mol. The van der Waals surface area contributed by atoms with Crippen LogP contribution in [0.5, 0.6) is 0 Å². The van der Waals surface area contributed by atoms with Crippen molar-refractivity contribution in [2.45, 2.75) is 70.4 Å². The first-order valence-electron chi connectivity index (χ1n) is 10.5. The predicted molar refractivity (Wildman–Crippen MR) is 106 cm³/mol. The van der Waals surface area contributed by atoms with Gasteiger partial charge in [0.1, 0.15) is 0 Å². The summed E-state index contributed by atoms with van der Waals surface area (Å²) in [6.45, 7) is 3.35. The Bertz CT molecular complexity index is 636. The highest BCUT2D eigenvalue weighted by atomic mass is 16.6. The lowest BCUT2D eigenvalue weighted by Crippen LogP contribution is -2.46. The second-order valence-corrected chi connectivity index (χ2v) is 7.56. The third-order valence-electron chi connectivity index (χ3n) is 5.46. The van der Waals surface area contributed by atoms with Crippen molar-refractivity contribution in [2.75, 3.05) is 25.0 Å². The van der Waals surface area contributed by atoms with Crippen molar-refractivity contribution in [3.63, 3.8) is 0 Å². The molecule has 8 heteroatoms. The molecule has 154 valence electrons. The Morgan fingerprint density at radius 1 is 1.04 bits per heavy atom. The molecule has 0 unspecified atom stereocenters. The summed E-state index contributed by atoms with van der Waals surface area (Å²) < 4.78 is 5.02. The van der Waals surface area contributed by atoms with Gasteiger partial charge in [0.15, 0.2) is 0 Å². The van der Waals surface area contributed by atoms with Gasteiger partial charge in [0.25, 0.3) is 5.91 Å². The highest BCUT2D eigenvalue weighted by molar-refractivity contribution is 5.93. The maximum absolute atomic E-state index is 12.5. The van der Waals surface area contributed by atoms with Crippen LogP contribution >= 0.6 is 0 Å². The van der Waals surface area contributed by atoms with Crippen LogP contribution < -0.4 is 10.6 Å². The summed E-state index contributed by atoms with van der Waals surface area (Å²) in [4.78, 5) is 34.5. The SMILES string of the molecule is CCOC(=O)N1CCC(NC(=O)c2cnc(NC3CCCCCC3)nc2)CC1. The number of hydrogen-bond donors (Lipinski definition) is 2. The van der Waals surface area contributed by atoms with E-state index in [1.165, 1.54) is 25.7 Å². The lowest BCUT2D eigenvalue weighted by molar-refractivity contribution is 0.0859. The maximum atomic E-state index is 12.5. The van der Waals surface area contributed by atoms with Crippen LogP contribution in [-0.2, 0) is 4.74 Å². The van der Waals surface area contributed by atoms with Crippen molar-refractivity contribution in [1.82, 2.24) is 20.2 Å². The molecule has 0 bridgehead atoms. The number of nitrogens with one attached hydrogen (secondary N) is 2. The van der Waals surface area contributed by atoms with E-state index in [2.05, 4.69) is 20.6 Å². The Morgan fingerprint density at radius 2 is 1.68 bits per heavy atom. The molecule has 1 aliphatic carbocycles. The van der Waals surface area contributed by atoms with E-state index in [0.29, 0.717) is 50.1 Å². The Labute approximate surface area is 166 Å². The number of nitrogens with zero attached hydrogens (tertiary/aromatic N) is 3. The first kappa shape index (κ1) is 20.4. The van der Waals surface area contributed by atoms with Crippen molar-refractivity contribution in [2.24, 2.45) is 0 Å². The number of carbonyl (C=O) groups is 2. The van der Waals surface area contributed by atoms with Gasteiger partial charge in [0.05, 0.1) is 12.2 Å². The quantitative estimate of drug-likeness (QED) is 0.752. The fourth-order valence-corrected chi connectivity index (χ4v) is 3.82. The molecule has 8 nitrogen and oxygen atoms in total. The van der Waals surface area contributed by atoms with E-state index >= 15 is 0 Å². The fourth-order valence-electron chi connectivity index (χ4n) is 3.82.